The first-order chi connectivity index (χ1) is 19.0. The van der Waals surface area contributed by atoms with Gasteiger partial charge in [0, 0.05) is 42.6 Å². The first kappa shape index (κ1) is 27.7. The first-order valence-electron chi connectivity index (χ1n) is 12.6. The molecule has 2 aromatic heterocycles. The third kappa shape index (κ3) is 7.38. The number of hydrogen-bond acceptors (Lipinski definition) is 8. The van der Waals surface area contributed by atoms with Crippen LogP contribution in [0.15, 0.2) is 73.1 Å². The number of nitrogens with zero attached hydrogens (tertiary/aromatic N) is 4. The first-order valence-corrected chi connectivity index (χ1v) is 13.0. The molecule has 0 aliphatic rings. The summed E-state index contributed by atoms with van der Waals surface area (Å²) in [5.41, 5.74) is 4.08. The molecule has 0 aliphatic carbocycles. The molecule has 0 fully saturated rings. The number of halogens is 1. The van der Waals surface area contributed by atoms with E-state index in [4.69, 9.17) is 21.1 Å². The van der Waals surface area contributed by atoms with Crippen molar-refractivity contribution in [2.45, 2.75) is 13.5 Å². The van der Waals surface area contributed by atoms with Gasteiger partial charge in [-0.3, -0.25) is 9.97 Å². The zero-order valence-electron chi connectivity index (χ0n) is 22.2. The summed E-state index contributed by atoms with van der Waals surface area (Å²) in [6, 6.07) is 17.2. The lowest BCUT2D eigenvalue weighted by atomic mass is 10.1. The Hall–Kier alpha value is -4.32. The number of benzene rings is 2. The molecule has 4 aromatic rings. The number of rotatable bonds is 12. The number of likely N-dealkylation sites (N-methyl/N-ethyl adjacent to an activating group) is 1. The maximum Gasteiger partial charge on any atom is 0.144 e. The smallest absolute Gasteiger partial charge is 0.144 e. The van der Waals surface area contributed by atoms with Crippen molar-refractivity contribution in [1.82, 2.24) is 14.9 Å². The number of fused-ring (bicyclic) bond motifs is 1. The molecule has 0 saturated heterocycles. The minimum absolute atomic E-state index is 0.309. The summed E-state index contributed by atoms with van der Waals surface area (Å²) in [4.78, 5) is 10.9. The Balaban J connectivity index is 1.61. The maximum absolute atomic E-state index is 9.85. The highest BCUT2D eigenvalue weighted by atomic mass is 35.5. The fourth-order valence-electron chi connectivity index (χ4n) is 3.87. The van der Waals surface area contributed by atoms with Gasteiger partial charge in [-0.25, -0.2) is 0 Å². The molecule has 8 nitrogen and oxygen atoms in total. The van der Waals surface area contributed by atoms with E-state index in [-0.39, 0.29) is 0 Å². The SMILES string of the molecule is CCOc1cc2ncc(C#N)c(Nc3ccc(OCc4ccccn4)c(Cl)c3)c2cc1NC/C=C/CN(C)C. The van der Waals surface area contributed by atoms with E-state index in [0.717, 1.165) is 23.3 Å². The molecule has 0 aliphatic heterocycles. The van der Waals surface area contributed by atoms with Crippen LogP contribution >= 0.6 is 11.6 Å². The van der Waals surface area contributed by atoms with Crippen LogP contribution in [0, 0.1) is 11.3 Å². The van der Waals surface area contributed by atoms with E-state index in [1.807, 2.05) is 57.4 Å². The molecule has 0 spiro atoms. The van der Waals surface area contributed by atoms with Gasteiger partial charge in [-0.05, 0) is 57.4 Å². The topological polar surface area (TPSA) is 95.3 Å². The monoisotopic (exact) mass is 542 g/mol. The van der Waals surface area contributed by atoms with Crippen molar-refractivity contribution in [2.75, 3.05) is 44.4 Å². The average Bonchev–Trinajstić information content (AvgIpc) is 2.93. The molecule has 9 heteroatoms. The van der Waals surface area contributed by atoms with Crippen LogP contribution in [0.1, 0.15) is 18.2 Å². The van der Waals surface area contributed by atoms with Gasteiger partial charge in [-0.2, -0.15) is 5.26 Å². The second-order valence-corrected chi connectivity index (χ2v) is 9.36. The van der Waals surface area contributed by atoms with Crippen molar-refractivity contribution in [2.24, 2.45) is 0 Å². The summed E-state index contributed by atoms with van der Waals surface area (Å²) in [5.74, 6) is 1.25. The summed E-state index contributed by atoms with van der Waals surface area (Å²) in [5, 5.41) is 17.9. The van der Waals surface area contributed by atoms with Gasteiger partial charge in [0.15, 0.2) is 0 Å². The molecular formula is C30H31ClN6O2. The van der Waals surface area contributed by atoms with E-state index in [1.54, 1.807) is 24.5 Å². The minimum atomic E-state index is 0.309. The Morgan fingerprint density at radius 1 is 1.05 bits per heavy atom. The summed E-state index contributed by atoms with van der Waals surface area (Å²) >= 11 is 6.54. The van der Waals surface area contributed by atoms with Gasteiger partial charge in [0.1, 0.15) is 24.2 Å². The highest BCUT2D eigenvalue weighted by Crippen LogP contribution is 2.37. The van der Waals surface area contributed by atoms with Crippen LogP contribution in [-0.2, 0) is 6.61 Å². The van der Waals surface area contributed by atoms with Gasteiger partial charge in [0.2, 0.25) is 0 Å². The molecule has 2 heterocycles. The average molecular weight is 543 g/mol. The standard InChI is InChI=1S/C30H31ClN6O2/c1-4-38-29-17-26-24(16-27(29)34-13-7-8-14-37(2)3)30(21(18-32)19-35-26)36-22-10-11-28(25(31)15-22)39-20-23-9-5-6-12-33-23/h5-12,15-17,19,34H,4,13-14,20H2,1-3H3,(H,35,36)/b8-7+. The molecule has 2 N–H and O–H groups in total. The number of pyridine rings is 2. The van der Waals surface area contributed by atoms with Crippen LogP contribution in [0.2, 0.25) is 5.02 Å². The quantitative estimate of drug-likeness (QED) is 0.198. The van der Waals surface area contributed by atoms with Crippen molar-refractivity contribution < 1.29 is 9.47 Å². The number of nitriles is 1. The van der Waals surface area contributed by atoms with E-state index >= 15 is 0 Å². The van der Waals surface area contributed by atoms with Crippen molar-refractivity contribution in [1.29, 1.82) is 5.26 Å². The summed E-state index contributed by atoms with van der Waals surface area (Å²) in [7, 11) is 4.05. The third-order valence-electron chi connectivity index (χ3n) is 5.74. The second kappa shape index (κ2) is 13.5. The molecule has 0 unspecified atom stereocenters. The van der Waals surface area contributed by atoms with E-state index in [9.17, 15) is 5.26 Å². The van der Waals surface area contributed by atoms with Crippen molar-refractivity contribution in [3.05, 3.63) is 89.4 Å². The van der Waals surface area contributed by atoms with Gasteiger partial charge < -0.3 is 25.0 Å². The van der Waals surface area contributed by atoms with Crippen LogP contribution in [0.5, 0.6) is 11.5 Å². The van der Waals surface area contributed by atoms with Gasteiger partial charge >= 0.3 is 0 Å². The Bertz CT molecular complexity index is 1480. The van der Waals surface area contributed by atoms with Crippen LogP contribution in [0.25, 0.3) is 10.9 Å². The lowest BCUT2D eigenvalue weighted by Gasteiger charge is -2.17. The molecule has 2 aromatic carbocycles. The minimum Gasteiger partial charge on any atom is -0.492 e. The predicted molar refractivity (Wildman–Crippen MR) is 157 cm³/mol. The third-order valence-corrected chi connectivity index (χ3v) is 6.04. The Morgan fingerprint density at radius 2 is 1.92 bits per heavy atom. The van der Waals surface area contributed by atoms with Crippen LogP contribution in [0.4, 0.5) is 17.1 Å². The van der Waals surface area contributed by atoms with E-state index in [1.165, 1.54) is 0 Å². The molecule has 200 valence electrons. The molecule has 0 radical (unpaired) electrons. The summed E-state index contributed by atoms with van der Waals surface area (Å²) in [6.07, 6.45) is 7.45. The number of aromatic nitrogens is 2. The van der Waals surface area contributed by atoms with Crippen LogP contribution in [0.3, 0.4) is 0 Å². The highest BCUT2D eigenvalue weighted by Gasteiger charge is 2.15. The fraction of sp³-hybridized carbons (Fsp3) is 0.233. The number of hydrogen-bond donors (Lipinski definition) is 2. The van der Waals surface area contributed by atoms with E-state index in [2.05, 4.69) is 43.7 Å². The second-order valence-electron chi connectivity index (χ2n) is 8.95. The van der Waals surface area contributed by atoms with E-state index in [0.29, 0.717) is 58.7 Å². The van der Waals surface area contributed by atoms with Crippen LogP contribution < -0.4 is 20.1 Å². The molecule has 0 bridgehead atoms. The largest absolute Gasteiger partial charge is 0.492 e. The van der Waals surface area contributed by atoms with Gasteiger partial charge in [0.25, 0.3) is 0 Å². The lowest BCUT2D eigenvalue weighted by Crippen LogP contribution is -2.11. The van der Waals surface area contributed by atoms with Crippen molar-refractivity contribution in [3.63, 3.8) is 0 Å². The Morgan fingerprint density at radius 3 is 2.64 bits per heavy atom. The molecule has 0 saturated carbocycles. The number of nitrogens with one attached hydrogen (secondary N) is 2. The number of ether oxygens (including phenoxy) is 2. The summed E-state index contributed by atoms with van der Waals surface area (Å²) in [6.45, 7) is 4.26. The van der Waals surface area contributed by atoms with Crippen molar-refractivity contribution in [3.8, 4) is 17.6 Å². The van der Waals surface area contributed by atoms with Gasteiger partial charge in [-0.1, -0.05) is 29.8 Å². The van der Waals surface area contributed by atoms with Crippen molar-refractivity contribution >= 4 is 39.6 Å². The Labute approximate surface area is 233 Å². The maximum atomic E-state index is 9.85. The molecule has 4 rings (SSSR count). The molecular weight excluding hydrogens is 512 g/mol. The predicted octanol–water partition coefficient (Wildman–Crippen LogP) is 6.41. The Kier molecular flexibility index (Phi) is 9.57. The highest BCUT2D eigenvalue weighted by molar-refractivity contribution is 6.32. The zero-order chi connectivity index (χ0) is 27.6. The molecule has 39 heavy (non-hydrogen) atoms. The zero-order valence-corrected chi connectivity index (χ0v) is 23.0. The number of anilines is 3. The van der Waals surface area contributed by atoms with E-state index < -0.39 is 0 Å². The fourth-order valence-corrected chi connectivity index (χ4v) is 4.10. The summed E-state index contributed by atoms with van der Waals surface area (Å²) < 4.78 is 11.7. The van der Waals surface area contributed by atoms with Gasteiger partial charge in [-0.15, -0.1) is 0 Å². The molecule has 0 atom stereocenters. The van der Waals surface area contributed by atoms with Gasteiger partial charge in [0.05, 0.1) is 39.8 Å². The molecule has 0 amide bonds. The lowest BCUT2D eigenvalue weighted by molar-refractivity contribution is 0.301. The van der Waals surface area contributed by atoms with Crippen LogP contribution in [-0.4, -0.2) is 48.7 Å². The normalized spacial score (nSPS) is 11.1.